The maximum Gasteiger partial charge on any atom is 0.142 e. The molecule has 1 atom stereocenters. The van der Waals surface area contributed by atoms with E-state index in [2.05, 4.69) is 6.92 Å². The summed E-state index contributed by atoms with van der Waals surface area (Å²) in [6.45, 7) is 2.24. The minimum absolute atomic E-state index is 0.0816. The number of benzene rings is 1. The van der Waals surface area contributed by atoms with Crippen molar-refractivity contribution in [3.8, 4) is 0 Å². The van der Waals surface area contributed by atoms with Crippen LogP contribution in [0.2, 0.25) is 5.02 Å². The molecule has 1 nitrogen and oxygen atoms in total. The van der Waals surface area contributed by atoms with Gasteiger partial charge in [-0.1, -0.05) is 76.0 Å². The van der Waals surface area contributed by atoms with Crippen LogP contribution >= 0.6 is 11.6 Å². The molecule has 0 bridgehead atoms. The molecule has 0 heterocycles. The average molecular weight is 300 g/mol. The van der Waals surface area contributed by atoms with Gasteiger partial charge < -0.3 is 5.73 Å². The number of unbranched alkanes of at least 4 members (excludes halogenated alkanes) is 7. The van der Waals surface area contributed by atoms with Crippen molar-refractivity contribution in [1.82, 2.24) is 0 Å². The van der Waals surface area contributed by atoms with Crippen LogP contribution in [-0.4, -0.2) is 0 Å². The highest BCUT2D eigenvalue weighted by atomic mass is 35.5. The van der Waals surface area contributed by atoms with E-state index in [1.165, 1.54) is 51.0 Å². The second-order valence-corrected chi connectivity index (χ2v) is 5.95. The molecule has 1 rings (SSSR count). The highest BCUT2D eigenvalue weighted by Crippen LogP contribution is 2.22. The smallest absolute Gasteiger partial charge is 0.142 e. The lowest BCUT2D eigenvalue weighted by Gasteiger charge is -2.12. The second kappa shape index (κ2) is 10.2. The molecule has 1 unspecified atom stereocenters. The van der Waals surface area contributed by atoms with Gasteiger partial charge in [-0.3, -0.25) is 0 Å². The van der Waals surface area contributed by atoms with E-state index in [1.54, 1.807) is 6.07 Å². The standard InChI is InChI=1S/C17H27ClFN/c1-2-3-4-5-6-7-8-9-10-17(20)14-11-12-15(18)16(19)13-14/h11-13,17H,2-10,20H2,1H3. The lowest BCUT2D eigenvalue weighted by atomic mass is 10.00. The van der Waals surface area contributed by atoms with E-state index in [1.807, 2.05) is 6.07 Å². The van der Waals surface area contributed by atoms with Crippen LogP contribution in [0.4, 0.5) is 4.39 Å². The Morgan fingerprint density at radius 1 is 1.05 bits per heavy atom. The molecule has 0 aliphatic rings. The third kappa shape index (κ3) is 6.71. The van der Waals surface area contributed by atoms with Crippen LogP contribution in [0.15, 0.2) is 18.2 Å². The van der Waals surface area contributed by atoms with Gasteiger partial charge in [0.1, 0.15) is 5.82 Å². The van der Waals surface area contributed by atoms with Gasteiger partial charge in [-0.2, -0.15) is 0 Å². The first-order valence-electron chi connectivity index (χ1n) is 7.85. The van der Waals surface area contributed by atoms with Crippen LogP contribution in [0.1, 0.15) is 76.3 Å². The van der Waals surface area contributed by atoms with Gasteiger partial charge in [-0.25, -0.2) is 4.39 Å². The summed E-state index contributed by atoms with van der Waals surface area (Å²) in [7, 11) is 0. The molecule has 1 aromatic carbocycles. The van der Waals surface area contributed by atoms with E-state index in [0.717, 1.165) is 18.4 Å². The molecule has 0 aliphatic heterocycles. The van der Waals surface area contributed by atoms with Crippen molar-refractivity contribution in [1.29, 1.82) is 0 Å². The summed E-state index contributed by atoms with van der Waals surface area (Å²) in [5, 5.41) is 0.160. The van der Waals surface area contributed by atoms with Gasteiger partial charge >= 0.3 is 0 Å². The Labute approximate surface area is 127 Å². The van der Waals surface area contributed by atoms with Gasteiger partial charge in [0.25, 0.3) is 0 Å². The maximum atomic E-state index is 13.3. The van der Waals surface area contributed by atoms with Crippen molar-refractivity contribution in [2.45, 2.75) is 70.8 Å². The largest absolute Gasteiger partial charge is 0.324 e. The highest BCUT2D eigenvalue weighted by molar-refractivity contribution is 6.30. The van der Waals surface area contributed by atoms with Gasteiger partial charge in [0.05, 0.1) is 5.02 Å². The summed E-state index contributed by atoms with van der Waals surface area (Å²) >= 11 is 5.67. The first kappa shape index (κ1) is 17.5. The van der Waals surface area contributed by atoms with E-state index < -0.39 is 0 Å². The fraction of sp³-hybridized carbons (Fsp3) is 0.647. The average Bonchev–Trinajstić information content (AvgIpc) is 2.44. The minimum atomic E-state index is -0.379. The summed E-state index contributed by atoms with van der Waals surface area (Å²) in [5.41, 5.74) is 6.93. The quantitative estimate of drug-likeness (QED) is 0.526. The molecule has 20 heavy (non-hydrogen) atoms. The lowest BCUT2D eigenvalue weighted by Crippen LogP contribution is -2.10. The fourth-order valence-electron chi connectivity index (χ4n) is 2.41. The predicted molar refractivity (Wildman–Crippen MR) is 85.6 cm³/mol. The molecule has 1 aromatic rings. The first-order valence-corrected chi connectivity index (χ1v) is 8.23. The van der Waals surface area contributed by atoms with Gasteiger partial charge in [0, 0.05) is 6.04 Å². The minimum Gasteiger partial charge on any atom is -0.324 e. The number of nitrogens with two attached hydrogens (primary N) is 1. The van der Waals surface area contributed by atoms with Crippen LogP contribution in [-0.2, 0) is 0 Å². The number of rotatable bonds is 10. The molecule has 114 valence electrons. The number of hydrogen-bond acceptors (Lipinski definition) is 1. The molecule has 0 saturated heterocycles. The molecule has 0 aliphatic carbocycles. The van der Waals surface area contributed by atoms with E-state index >= 15 is 0 Å². The topological polar surface area (TPSA) is 26.0 Å². The highest BCUT2D eigenvalue weighted by Gasteiger charge is 2.08. The van der Waals surface area contributed by atoms with E-state index in [4.69, 9.17) is 17.3 Å². The zero-order valence-electron chi connectivity index (χ0n) is 12.5. The molecule has 0 saturated carbocycles. The normalized spacial score (nSPS) is 12.6. The van der Waals surface area contributed by atoms with Crippen molar-refractivity contribution < 1.29 is 4.39 Å². The van der Waals surface area contributed by atoms with Crippen molar-refractivity contribution in [2.75, 3.05) is 0 Å². The predicted octanol–water partition coefficient (Wildman–Crippen LogP) is 6.01. The SMILES string of the molecule is CCCCCCCCCCC(N)c1ccc(Cl)c(F)c1. The monoisotopic (exact) mass is 299 g/mol. The third-order valence-corrected chi connectivity index (χ3v) is 4.05. The molecule has 0 aromatic heterocycles. The molecule has 3 heteroatoms. The molecule has 2 N–H and O–H groups in total. The Balaban J connectivity index is 2.13. The molecule has 0 amide bonds. The Kier molecular flexibility index (Phi) is 8.88. The van der Waals surface area contributed by atoms with Crippen LogP contribution < -0.4 is 5.73 Å². The van der Waals surface area contributed by atoms with Gasteiger partial charge in [-0.15, -0.1) is 0 Å². The fourth-order valence-corrected chi connectivity index (χ4v) is 2.53. The summed E-state index contributed by atoms with van der Waals surface area (Å²) in [5.74, 6) is -0.379. The van der Waals surface area contributed by atoms with Crippen molar-refractivity contribution in [3.63, 3.8) is 0 Å². The van der Waals surface area contributed by atoms with Crippen LogP contribution in [0.5, 0.6) is 0 Å². The van der Waals surface area contributed by atoms with Gasteiger partial charge in [-0.05, 0) is 24.1 Å². The van der Waals surface area contributed by atoms with Crippen molar-refractivity contribution in [3.05, 3.63) is 34.6 Å². The van der Waals surface area contributed by atoms with Crippen LogP contribution in [0.3, 0.4) is 0 Å². The molecular weight excluding hydrogens is 273 g/mol. The molecule has 0 fully saturated rings. The van der Waals surface area contributed by atoms with Gasteiger partial charge in [0.2, 0.25) is 0 Å². The lowest BCUT2D eigenvalue weighted by molar-refractivity contribution is 0.534. The first-order chi connectivity index (χ1) is 9.65. The Morgan fingerprint density at radius 3 is 2.25 bits per heavy atom. The molecule has 0 radical (unpaired) electrons. The van der Waals surface area contributed by atoms with Crippen LogP contribution in [0.25, 0.3) is 0 Å². The van der Waals surface area contributed by atoms with Gasteiger partial charge in [0.15, 0.2) is 0 Å². The molecular formula is C17H27ClFN. The van der Waals surface area contributed by atoms with E-state index in [-0.39, 0.29) is 16.9 Å². The Hall–Kier alpha value is -0.600. The Morgan fingerprint density at radius 2 is 1.65 bits per heavy atom. The Bertz CT molecular complexity index is 381. The van der Waals surface area contributed by atoms with Crippen LogP contribution in [0, 0.1) is 5.82 Å². The van der Waals surface area contributed by atoms with Crippen molar-refractivity contribution in [2.24, 2.45) is 5.73 Å². The third-order valence-electron chi connectivity index (χ3n) is 3.74. The van der Waals surface area contributed by atoms with E-state index in [9.17, 15) is 4.39 Å². The zero-order chi connectivity index (χ0) is 14.8. The summed E-state index contributed by atoms with van der Waals surface area (Å²) in [6.07, 6.45) is 11.2. The maximum absolute atomic E-state index is 13.3. The number of hydrogen-bond donors (Lipinski definition) is 1. The molecule has 0 spiro atoms. The van der Waals surface area contributed by atoms with E-state index in [0.29, 0.717) is 0 Å². The summed E-state index contributed by atoms with van der Waals surface area (Å²) in [6, 6.07) is 4.78. The second-order valence-electron chi connectivity index (χ2n) is 5.54. The summed E-state index contributed by atoms with van der Waals surface area (Å²) in [4.78, 5) is 0. The van der Waals surface area contributed by atoms with Crippen molar-refractivity contribution >= 4 is 11.6 Å². The zero-order valence-corrected chi connectivity index (χ0v) is 13.3. The number of halogens is 2. The summed E-state index contributed by atoms with van der Waals surface area (Å²) < 4.78 is 13.3.